The van der Waals surface area contributed by atoms with Gasteiger partial charge in [-0.3, -0.25) is 0 Å². The second-order valence-electron chi connectivity index (χ2n) is 3.56. The van der Waals surface area contributed by atoms with Crippen LogP contribution >= 0.6 is 9.90 Å². The van der Waals surface area contributed by atoms with Crippen molar-refractivity contribution in [3.8, 4) is 0 Å². The molecule has 1 unspecified atom stereocenters. The number of aromatic nitrogens is 1. The number of anilines is 1. The van der Waals surface area contributed by atoms with Crippen LogP contribution in [0.4, 0.5) is 5.69 Å². The van der Waals surface area contributed by atoms with Crippen LogP contribution in [0, 0.1) is 0 Å². The van der Waals surface area contributed by atoms with Gasteiger partial charge < -0.3 is 5.73 Å². The first-order chi connectivity index (χ1) is 7.36. The molecule has 1 aromatic heterocycles. The fourth-order valence-corrected chi connectivity index (χ4v) is 1.87. The summed E-state index contributed by atoms with van der Waals surface area (Å²) in [5, 5.41) is 2.05. The molecule has 3 heteroatoms. The van der Waals surface area contributed by atoms with E-state index in [-0.39, 0.29) is 9.90 Å². The van der Waals surface area contributed by atoms with Gasteiger partial charge in [-0.1, -0.05) is 36.4 Å². The van der Waals surface area contributed by atoms with Gasteiger partial charge in [-0.15, -0.1) is 0 Å². The van der Waals surface area contributed by atoms with Crippen LogP contribution in [0.1, 0.15) is 0 Å². The number of nitrogens with zero attached hydrogens (tertiary/aromatic N) is 1. The van der Waals surface area contributed by atoms with Crippen LogP contribution in [-0.2, 0) is 0 Å². The third-order valence-corrected chi connectivity index (χ3v) is 2.63. The van der Waals surface area contributed by atoms with E-state index >= 15 is 0 Å². The third kappa shape index (κ3) is 1.52. The van der Waals surface area contributed by atoms with Crippen LogP contribution in [0.25, 0.3) is 21.8 Å². The molecule has 0 spiro atoms. The van der Waals surface area contributed by atoms with Crippen LogP contribution in [0.3, 0.4) is 0 Å². The summed E-state index contributed by atoms with van der Waals surface area (Å²) in [6.07, 6.45) is 0. The van der Waals surface area contributed by atoms with Crippen molar-refractivity contribution in [2.75, 3.05) is 5.73 Å². The highest BCUT2D eigenvalue weighted by molar-refractivity contribution is 6.92. The maximum atomic E-state index is 6.11. The molecule has 1 heterocycles. The molecular formula is C13H13N2P. The van der Waals surface area contributed by atoms with Crippen molar-refractivity contribution in [1.82, 2.24) is 4.98 Å². The molecule has 3 aromatic rings. The van der Waals surface area contributed by atoms with Gasteiger partial charge in [-0.2, -0.15) is 9.90 Å². The maximum Gasteiger partial charge on any atom is 0.0730 e. The lowest BCUT2D eigenvalue weighted by Gasteiger charge is -2.05. The zero-order chi connectivity index (χ0) is 10.3. The highest BCUT2D eigenvalue weighted by Crippen LogP contribution is 2.27. The largest absolute Gasteiger partial charge is 0.398 e. The fourth-order valence-electron chi connectivity index (χ4n) is 1.87. The molecule has 0 saturated carbocycles. The lowest BCUT2D eigenvalue weighted by atomic mass is 10.1. The van der Waals surface area contributed by atoms with E-state index in [1.54, 1.807) is 0 Å². The Labute approximate surface area is 97.1 Å². The Morgan fingerprint density at radius 2 is 1.19 bits per heavy atom. The quantitative estimate of drug-likeness (QED) is 0.474. The molecule has 16 heavy (non-hydrogen) atoms. The average Bonchev–Trinajstić information content (AvgIpc) is 2.30. The molecule has 0 radical (unpaired) electrons. The van der Waals surface area contributed by atoms with Crippen molar-refractivity contribution in [2.24, 2.45) is 0 Å². The number of benzene rings is 2. The third-order valence-electron chi connectivity index (χ3n) is 2.63. The molecule has 2 aromatic carbocycles. The average molecular weight is 228 g/mol. The molecule has 3 rings (SSSR count). The second kappa shape index (κ2) is 4.07. The normalized spacial score (nSPS) is 10.2. The summed E-state index contributed by atoms with van der Waals surface area (Å²) in [6.45, 7) is 0. The lowest BCUT2D eigenvalue weighted by molar-refractivity contribution is 1.50. The highest BCUT2D eigenvalue weighted by atomic mass is 31.0. The van der Waals surface area contributed by atoms with Crippen LogP contribution in [-0.4, -0.2) is 4.98 Å². The minimum atomic E-state index is 0. The minimum Gasteiger partial charge on any atom is -0.398 e. The van der Waals surface area contributed by atoms with Crippen LogP contribution in [0.2, 0.25) is 0 Å². The first-order valence-electron chi connectivity index (χ1n) is 4.89. The van der Waals surface area contributed by atoms with Crippen molar-refractivity contribution in [1.29, 1.82) is 0 Å². The number of hydrogen-bond acceptors (Lipinski definition) is 2. The first kappa shape index (κ1) is 10.8. The zero-order valence-electron chi connectivity index (χ0n) is 8.85. The monoisotopic (exact) mass is 228 g/mol. The van der Waals surface area contributed by atoms with Gasteiger partial charge in [0.05, 0.1) is 16.7 Å². The Morgan fingerprint density at radius 1 is 0.750 bits per heavy atom. The fraction of sp³-hybridized carbons (Fsp3) is 0. The molecule has 0 fully saturated rings. The molecular weight excluding hydrogens is 215 g/mol. The molecule has 0 aliphatic heterocycles. The van der Waals surface area contributed by atoms with Crippen LogP contribution < -0.4 is 5.73 Å². The van der Waals surface area contributed by atoms with Crippen molar-refractivity contribution in [2.45, 2.75) is 0 Å². The smallest absolute Gasteiger partial charge is 0.0730 e. The van der Waals surface area contributed by atoms with Gasteiger partial charge >= 0.3 is 0 Å². The summed E-state index contributed by atoms with van der Waals surface area (Å²) in [5.41, 5.74) is 8.84. The molecule has 0 aliphatic rings. The topological polar surface area (TPSA) is 38.9 Å². The molecule has 2 N–H and O–H groups in total. The molecule has 1 atom stereocenters. The SMILES string of the molecule is Nc1c2ccccc2nc2ccccc12.P. The summed E-state index contributed by atoms with van der Waals surface area (Å²) >= 11 is 0. The summed E-state index contributed by atoms with van der Waals surface area (Å²) in [5.74, 6) is 0. The van der Waals surface area contributed by atoms with E-state index in [2.05, 4.69) is 4.98 Å². The van der Waals surface area contributed by atoms with Gasteiger partial charge in [0.2, 0.25) is 0 Å². The number of para-hydroxylation sites is 2. The van der Waals surface area contributed by atoms with E-state index in [9.17, 15) is 0 Å². The van der Waals surface area contributed by atoms with E-state index in [0.717, 1.165) is 27.5 Å². The predicted molar refractivity (Wildman–Crippen MR) is 74.8 cm³/mol. The van der Waals surface area contributed by atoms with E-state index in [1.807, 2.05) is 48.5 Å². The summed E-state index contributed by atoms with van der Waals surface area (Å²) in [7, 11) is 0. The van der Waals surface area contributed by atoms with E-state index in [4.69, 9.17) is 5.73 Å². The number of rotatable bonds is 0. The lowest BCUT2D eigenvalue weighted by Crippen LogP contribution is -1.91. The molecule has 0 bridgehead atoms. The van der Waals surface area contributed by atoms with E-state index in [0.29, 0.717) is 0 Å². The van der Waals surface area contributed by atoms with E-state index < -0.39 is 0 Å². The van der Waals surface area contributed by atoms with Gasteiger partial charge in [-0.05, 0) is 12.1 Å². The molecule has 0 saturated heterocycles. The number of pyridine rings is 1. The minimum absolute atomic E-state index is 0. The Balaban J connectivity index is 0.000000963. The highest BCUT2D eigenvalue weighted by Gasteiger charge is 2.03. The predicted octanol–water partition coefficient (Wildman–Crippen LogP) is 3.03. The Morgan fingerprint density at radius 3 is 1.69 bits per heavy atom. The molecule has 80 valence electrons. The van der Waals surface area contributed by atoms with Crippen molar-refractivity contribution < 1.29 is 0 Å². The van der Waals surface area contributed by atoms with Crippen molar-refractivity contribution in [3.63, 3.8) is 0 Å². The Bertz CT molecular complexity index is 596. The van der Waals surface area contributed by atoms with Crippen LogP contribution in [0.15, 0.2) is 48.5 Å². The van der Waals surface area contributed by atoms with E-state index in [1.165, 1.54) is 0 Å². The summed E-state index contributed by atoms with van der Waals surface area (Å²) < 4.78 is 0. The zero-order valence-corrected chi connectivity index (χ0v) is 10.3. The van der Waals surface area contributed by atoms with Gasteiger partial charge in [0.25, 0.3) is 0 Å². The maximum absolute atomic E-state index is 6.11. The number of hydrogen-bond donors (Lipinski definition) is 1. The summed E-state index contributed by atoms with van der Waals surface area (Å²) in [4.78, 5) is 4.56. The molecule has 0 amide bonds. The van der Waals surface area contributed by atoms with Gasteiger partial charge in [0.15, 0.2) is 0 Å². The van der Waals surface area contributed by atoms with Gasteiger partial charge in [-0.25, -0.2) is 4.98 Å². The standard InChI is InChI=1S/C13H10N2.H3P/c14-13-9-5-1-3-7-11(9)15-12-8-4-2-6-10(12)13;/h1-8H,(H2,14,15);1H3. The van der Waals surface area contributed by atoms with Crippen LogP contribution in [0.5, 0.6) is 0 Å². The first-order valence-corrected chi connectivity index (χ1v) is 4.89. The second-order valence-corrected chi connectivity index (χ2v) is 3.56. The Hall–Kier alpha value is -1.66. The number of nitrogens with two attached hydrogens (primary N) is 1. The molecule has 0 aliphatic carbocycles. The van der Waals surface area contributed by atoms with Gasteiger partial charge in [0.1, 0.15) is 0 Å². The molecule has 2 nitrogen and oxygen atoms in total. The summed E-state index contributed by atoms with van der Waals surface area (Å²) in [6, 6.07) is 15.9. The Kier molecular flexibility index (Phi) is 2.76. The number of fused-ring (bicyclic) bond motifs is 2. The van der Waals surface area contributed by atoms with Crippen molar-refractivity contribution in [3.05, 3.63) is 48.5 Å². The number of nitrogen functional groups attached to an aromatic ring is 1. The van der Waals surface area contributed by atoms with Crippen molar-refractivity contribution >= 4 is 37.4 Å². The van der Waals surface area contributed by atoms with Gasteiger partial charge in [0, 0.05) is 10.8 Å².